The highest BCUT2D eigenvalue weighted by molar-refractivity contribution is 6.21. The van der Waals surface area contributed by atoms with E-state index in [0.717, 1.165) is 16.2 Å². The number of aromatic nitrogens is 8. The second-order valence-corrected chi connectivity index (χ2v) is 4.81. The smallest absolute Gasteiger partial charge is 0.144 e. The maximum absolute atomic E-state index is 4.14. The van der Waals surface area contributed by atoms with Crippen molar-refractivity contribution in [1.29, 1.82) is 0 Å². The summed E-state index contributed by atoms with van der Waals surface area (Å²) in [7, 11) is 0. The van der Waals surface area contributed by atoms with Crippen LogP contribution in [0, 0.1) is 0 Å². The first-order chi connectivity index (χ1) is 11.9. The van der Waals surface area contributed by atoms with Crippen LogP contribution in [0.5, 0.6) is 0 Å². The number of rotatable bonds is 0. The molecule has 8 nitrogen and oxygen atoms in total. The average Bonchev–Trinajstić information content (AvgIpc) is 2.70. The number of benzene rings is 2. The zero-order valence-corrected chi connectivity index (χ0v) is 12.4. The molecule has 8 heteroatoms. The minimum absolute atomic E-state index is 0.631. The van der Waals surface area contributed by atoms with Crippen molar-refractivity contribution in [2.75, 3.05) is 0 Å². The van der Waals surface area contributed by atoms with Gasteiger partial charge in [-0.05, 0) is 21.9 Å². The van der Waals surface area contributed by atoms with Gasteiger partial charge >= 0.3 is 0 Å². The predicted octanol–water partition coefficient (Wildman–Crippen LogP) is 1.99. The Labute approximate surface area is 135 Å². The van der Waals surface area contributed by atoms with Crippen molar-refractivity contribution in [2.24, 2.45) is 0 Å². The van der Waals surface area contributed by atoms with Crippen LogP contribution in [0.25, 0.3) is 32.7 Å². The molecule has 0 aliphatic rings. The Balaban J connectivity index is 0.000000207. The zero-order valence-electron chi connectivity index (χ0n) is 12.4. The van der Waals surface area contributed by atoms with Crippen molar-refractivity contribution in [2.45, 2.75) is 0 Å². The van der Waals surface area contributed by atoms with E-state index in [4.69, 9.17) is 0 Å². The molecule has 0 amide bonds. The topological polar surface area (TPSA) is 103 Å². The van der Waals surface area contributed by atoms with Crippen molar-refractivity contribution in [3.8, 4) is 0 Å². The summed E-state index contributed by atoms with van der Waals surface area (Å²) in [6, 6.07) is 9.89. The van der Waals surface area contributed by atoms with Crippen LogP contribution in [-0.2, 0) is 0 Å². The molecule has 5 rings (SSSR count). The van der Waals surface area contributed by atoms with E-state index in [1.54, 1.807) is 31.0 Å². The molecule has 3 heterocycles. The fourth-order valence-corrected chi connectivity index (χ4v) is 2.47. The zero-order chi connectivity index (χ0) is 16.2. The van der Waals surface area contributed by atoms with Crippen molar-refractivity contribution >= 4 is 32.7 Å². The Bertz CT molecular complexity index is 867. The lowest BCUT2D eigenvalue weighted by molar-refractivity contribution is 0.799. The molecule has 0 unspecified atom stereocenters. The fraction of sp³-hybridized carbons (Fsp3) is 0. The molecule has 0 bridgehead atoms. The van der Waals surface area contributed by atoms with Gasteiger partial charge < -0.3 is 0 Å². The fourth-order valence-electron chi connectivity index (χ4n) is 2.47. The summed E-state index contributed by atoms with van der Waals surface area (Å²) in [5.41, 5.74) is 2.04. The Hall–Kier alpha value is -3.68. The van der Waals surface area contributed by atoms with Crippen LogP contribution in [0.3, 0.4) is 0 Å². The van der Waals surface area contributed by atoms with Crippen LogP contribution in [0.1, 0.15) is 0 Å². The molecule has 2 aromatic carbocycles. The van der Waals surface area contributed by atoms with Crippen LogP contribution in [0.15, 0.2) is 61.3 Å². The van der Waals surface area contributed by atoms with Gasteiger partial charge in [0.25, 0.3) is 0 Å². The first-order valence-electron chi connectivity index (χ1n) is 7.13. The van der Waals surface area contributed by atoms with Crippen LogP contribution >= 0.6 is 0 Å². The lowest BCUT2D eigenvalue weighted by Crippen LogP contribution is -1.96. The van der Waals surface area contributed by atoms with Gasteiger partial charge in [0.15, 0.2) is 0 Å². The molecule has 0 aliphatic heterocycles. The third-order valence-electron chi connectivity index (χ3n) is 3.45. The van der Waals surface area contributed by atoms with Gasteiger partial charge in [0.05, 0.1) is 6.20 Å². The van der Waals surface area contributed by atoms with Gasteiger partial charge in [-0.25, -0.2) is 0 Å². The third-order valence-corrected chi connectivity index (χ3v) is 3.45. The van der Waals surface area contributed by atoms with Crippen LogP contribution in [0.4, 0.5) is 0 Å². The number of fused-ring (bicyclic) bond motifs is 6. The van der Waals surface area contributed by atoms with E-state index >= 15 is 0 Å². The first kappa shape index (κ1) is 13.9. The van der Waals surface area contributed by atoms with Crippen molar-refractivity contribution < 1.29 is 0 Å². The summed E-state index contributed by atoms with van der Waals surface area (Å²) in [6.45, 7) is 0. The lowest BCUT2D eigenvalue weighted by atomic mass is 10.0. The van der Waals surface area contributed by atoms with Gasteiger partial charge in [0.2, 0.25) is 0 Å². The maximum atomic E-state index is 4.14. The lowest BCUT2D eigenvalue weighted by Gasteiger charge is -2.04. The van der Waals surface area contributed by atoms with Crippen molar-refractivity contribution in [1.82, 2.24) is 40.8 Å². The van der Waals surface area contributed by atoms with E-state index < -0.39 is 0 Å². The molecule has 114 valence electrons. The van der Waals surface area contributed by atoms with Gasteiger partial charge in [0.1, 0.15) is 16.6 Å². The van der Waals surface area contributed by atoms with Gasteiger partial charge in [-0.3, -0.25) is 9.97 Å². The standard InChI is InChI=1S/C12H6N6.C4H4N2/c1-2-4-8-7(3-1)9-5-6-13-14-10(9)12-11(8)15-17-18-16-12;1-2-6-4-3-5-1/h1-6H;1-4H. The summed E-state index contributed by atoms with van der Waals surface area (Å²) < 4.78 is 0. The quantitative estimate of drug-likeness (QED) is 0.400. The van der Waals surface area contributed by atoms with Crippen LogP contribution in [0.2, 0.25) is 0 Å². The van der Waals surface area contributed by atoms with Gasteiger partial charge in [-0.2, -0.15) is 5.10 Å². The molecule has 0 aliphatic carbocycles. The summed E-state index contributed by atoms with van der Waals surface area (Å²) in [6.07, 6.45) is 8.22. The molecule has 0 atom stereocenters. The summed E-state index contributed by atoms with van der Waals surface area (Å²) >= 11 is 0. The second-order valence-electron chi connectivity index (χ2n) is 4.81. The summed E-state index contributed by atoms with van der Waals surface area (Å²) in [5.74, 6) is 0. The summed E-state index contributed by atoms with van der Waals surface area (Å²) in [4.78, 5) is 7.44. The van der Waals surface area contributed by atoms with Crippen LogP contribution < -0.4 is 0 Å². The monoisotopic (exact) mass is 314 g/mol. The molecular formula is C16H10N8. The van der Waals surface area contributed by atoms with E-state index in [2.05, 4.69) is 40.8 Å². The predicted molar refractivity (Wildman–Crippen MR) is 87.8 cm³/mol. The first-order valence-corrected chi connectivity index (χ1v) is 7.13. The van der Waals surface area contributed by atoms with Gasteiger partial charge in [0, 0.05) is 35.6 Å². The minimum Gasteiger partial charge on any atom is -0.262 e. The Morgan fingerprint density at radius 2 is 1.08 bits per heavy atom. The van der Waals surface area contributed by atoms with Gasteiger partial charge in [-0.1, -0.05) is 24.3 Å². The molecule has 0 spiro atoms. The average molecular weight is 314 g/mol. The molecule has 0 N–H and O–H groups in total. The molecule has 5 aromatic rings. The molecule has 0 radical (unpaired) electrons. The Morgan fingerprint density at radius 3 is 1.79 bits per heavy atom. The third kappa shape index (κ3) is 2.45. The molecule has 0 saturated heterocycles. The largest absolute Gasteiger partial charge is 0.262 e. The SMILES string of the molecule is c1ccc2c(c1)c1ccnnc1c1nnnnc21.c1cnccn1. The van der Waals surface area contributed by atoms with E-state index in [-0.39, 0.29) is 0 Å². The van der Waals surface area contributed by atoms with E-state index in [1.165, 1.54) is 0 Å². The summed E-state index contributed by atoms with van der Waals surface area (Å²) in [5, 5.41) is 26.4. The second kappa shape index (κ2) is 6.21. The Kier molecular flexibility index (Phi) is 3.61. The number of hydrogen-bond acceptors (Lipinski definition) is 8. The van der Waals surface area contributed by atoms with Gasteiger partial charge in [-0.15, -0.1) is 15.3 Å². The minimum atomic E-state index is 0.631. The number of nitrogens with zero attached hydrogens (tertiary/aromatic N) is 8. The highest BCUT2D eigenvalue weighted by Gasteiger charge is 2.11. The highest BCUT2D eigenvalue weighted by atomic mass is 15.4. The van der Waals surface area contributed by atoms with E-state index in [1.807, 2.05) is 30.3 Å². The molecular weight excluding hydrogens is 304 g/mol. The Morgan fingerprint density at radius 1 is 0.500 bits per heavy atom. The molecule has 0 fully saturated rings. The van der Waals surface area contributed by atoms with Crippen molar-refractivity contribution in [3.63, 3.8) is 0 Å². The molecule has 24 heavy (non-hydrogen) atoms. The van der Waals surface area contributed by atoms with E-state index in [9.17, 15) is 0 Å². The number of hydrogen-bond donors (Lipinski definition) is 0. The molecule has 0 saturated carbocycles. The molecule has 3 aromatic heterocycles. The normalized spacial score (nSPS) is 10.5. The van der Waals surface area contributed by atoms with Crippen molar-refractivity contribution in [3.05, 3.63) is 61.3 Å². The van der Waals surface area contributed by atoms with E-state index in [0.29, 0.717) is 16.6 Å². The van der Waals surface area contributed by atoms with Crippen LogP contribution in [-0.4, -0.2) is 40.8 Å². The highest BCUT2D eigenvalue weighted by Crippen LogP contribution is 2.30. The maximum Gasteiger partial charge on any atom is 0.144 e.